The van der Waals surface area contributed by atoms with Crippen molar-refractivity contribution in [3.05, 3.63) is 58.3 Å². The van der Waals surface area contributed by atoms with Gasteiger partial charge in [-0.2, -0.15) is 0 Å². The Hall–Kier alpha value is -3.04. The van der Waals surface area contributed by atoms with Gasteiger partial charge < -0.3 is 9.80 Å². The zero-order valence-electron chi connectivity index (χ0n) is 48.0. The number of amides is 2. The van der Waals surface area contributed by atoms with E-state index in [0.717, 1.165) is 48.2 Å². The van der Waals surface area contributed by atoms with Crippen LogP contribution < -0.4 is 9.80 Å². The molecular formula is C68H98N2O2S4. The summed E-state index contributed by atoms with van der Waals surface area (Å²) in [5, 5.41) is 6.89. The molecule has 0 radical (unpaired) electrons. The van der Waals surface area contributed by atoms with Crippen LogP contribution in [-0.4, -0.2) is 24.9 Å². The van der Waals surface area contributed by atoms with Crippen molar-refractivity contribution in [2.24, 2.45) is 11.8 Å². The maximum absolute atomic E-state index is 15.6. The summed E-state index contributed by atoms with van der Waals surface area (Å²) in [5.74, 6) is 1.46. The first-order chi connectivity index (χ1) is 37.4. The molecule has 4 aromatic heterocycles. The van der Waals surface area contributed by atoms with Crippen LogP contribution in [0, 0.1) is 11.8 Å². The standard InChI is InChI=1S/C68H98N2O2S4/c1-5-9-13-17-21-23-27-31-37-51(35-29-25-19-15-11-7-3)39-33-43-69-57-47-55-61(75-59-41-45-73-65(55)59)49-53(57)63(67(69)71)64-54-50-62-56(66-60(76-62)42-46-74-66)48-58(54)70(68(64)72)44-34-40-52(36-30-26-20-16-12-8-4)38-32-28-24-22-18-14-10-6-2/h41-42,45-52H,5-40,43-44H2,1-4H3/b64-63+. The maximum Gasteiger partial charge on any atom is 0.259 e. The number of hydrogen-bond acceptors (Lipinski definition) is 6. The fourth-order valence-electron chi connectivity index (χ4n) is 13.0. The van der Waals surface area contributed by atoms with Gasteiger partial charge in [0, 0.05) is 53.8 Å². The second kappa shape index (κ2) is 31.7. The highest BCUT2D eigenvalue weighted by molar-refractivity contribution is 7.32. The molecule has 8 rings (SSSR count). The Balaban J connectivity index is 1.04. The molecule has 2 amide bonds. The van der Waals surface area contributed by atoms with Gasteiger partial charge in [-0.1, -0.05) is 233 Å². The van der Waals surface area contributed by atoms with Crippen LogP contribution in [0.15, 0.2) is 47.2 Å². The highest BCUT2D eigenvalue weighted by Crippen LogP contribution is 2.52. The number of thiophene rings is 4. The van der Waals surface area contributed by atoms with Gasteiger partial charge in [0.2, 0.25) is 0 Å². The molecule has 76 heavy (non-hydrogen) atoms. The molecule has 0 aliphatic carbocycles. The van der Waals surface area contributed by atoms with Crippen LogP contribution in [0.5, 0.6) is 0 Å². The van der Waals surface area contributed by atoms with Crippen molar-refractivity contribution in [1.29, 1.82) is 0 Å². The number of carbonyl (C=O) groups excluding carboxylic acids is 2. The predicted octanol–water partition coefficient (Wildman–Crippen LogP) is 23.5. The maximum atomic E-state index is 15.6. The van der Waals surface area contributed by atoms with E-state index in [0.29, 0.717) is 36.1 Å². The van der Waals surface area contributed by atoms with Crippen LogP contribution in [-0.2, 0) is 9.59 Å². The average Bonchev–Trinajstić information content (AvgIpc) is 4.41. The van der Waals surface area contributed by atoms with E-state index < -0.39 is 0 Å². The van der Waals surface area contributed by atoms with Crippen molar-refractivity contribution in [1.82, 2.24) is 0 Å². The van der Waals surface area contributed by atoms with Crippen LogP contribution in [0.3, 0.4) is 0 Å². The molecule has 0 fully saturated rings. The quantitative estimate of drug-likeness (QED) is 0.0284. The molecule has 0 N–H and O–H groups in total. The molecule has 6 aromatic rings. The van der Waals surface area contributed by atoms with Crippen molar-refractivity contribution in [2.45, 2.75) is 259 Å². The topological polar surface area (TPSA) is 40.6 Å². The van der Waals surface area contributed by atoms with Crippen LogP contribution in [0.2, 0.25) is 0 Å². The van der Waals surface area contributed by atoms with Gasteiger partial charge in [-0.25, -0.2) is 0 Å². The first-order valence-corrected chi connectivity index (χ1v) is 35.1. The molecule has 4 nitrogen and oxygen atoms in total. The minimum absolute atomic E-state index is 0.0263. The summed E-state index contributed by atoms with van der Waals surface area (Å²) in [6, 6.07) is 13.7. The molecule has 2 aromatic carbocycles. The number of nitrogens with zero attached hydrogens (tertiary/aromatic N) is 2. The second-order valence-corrected chi connectivity index (χ2v) is 27.5. The lowest BCUT2D eigenvalue weighted by Gasteiger charge is -2.21. The van der Waals surface area contributed by atoms with E-state index >= 15 is 9.59 Å². The van der Waals surface area contributed by atoms with Gasteiger partial charge in [-0.15, -0.1) is 45.3 Å². The third kappa shape index (κ3) is 15.7. The minimum Gasteiger partial charge on any atom is -0.308 e. The first-order valence-electron chi connectivity index (χ1n) is 31.7. The van der Waals surface area contributed by atoms with Crippen LogP contribution in [0.1, 0.15) is 270 Å². The molecule has 0 spiro atoms. The van der Waals surface area contributed by atoms with Gasteiger partial charge in [-0.3, -0.25) is 9.59 Å². The lowest BCUT2D eigenvalue weighted by Crippen LogP contribution is -2.30. The van der Waals surface area contributed by atoms with Gasteiger partial charge in [-0.05, 0) is 84.7 Å². The zero-order chi connectivity index (χ0) is 52.9. The Kier molecular flexibility index (Phi) is 24.6. The van der Waals surface area contributed by atoms with Crippen molar-refractivity contribution in [3.63, 3.8) is 0 Å². The van der Waals surface area contributed by atoms with Crippen molar-refractivity contribution >= 4 is 119 Å². The van der Waals surface area contributed by atoms with Crippen LogP contribution in [0.4, 0.5) is 11.4 Å². The number of anilines is 2. The number of hydrogen-bond donors (Lipinski definition) is 0. The van der Waals surface area contributed by atoms with Crippen molar-refractivity contribution in [2.75, 3.05) is 22.9 Å². The monoisotopic (exact) mass is 1100 g/mol. The van der Waals surface area contributed by atoms with E-state index in [-0.39, 0.29) is 11.8 Å². The first kappa shape index (κ1) is 59.1. The Morgan fingerprint density at radius 2 is 0.671 bits per heavy atom. The number of unbranched alkanes of at least 4 members (excludes halogenated alkanes) is 24. The van der Waals surface area contributed by atoms with E-state index in [1.807, 2.05) is 22.7 Å². The van der Waals surface area contributed by atoms with E-state index in [1.54, 1.807) is 22.7 Å². The van der Waals surface area contributed by atoms with E-state index in [1.165, 1.54) is 244 Å². The fraction of sp³-hybridized carbons (Fsp3) is 0.647. The zero-order valence-corrected chi connectivity index (χ0v) is 51.3. The summed E-state index contributed by atoms with van der Waals surface area (Å²) in [7, 11) is 0. The predicted molar refractivity (Wildman–Crippen MR) is 342 cm³/mol. The summed E-state index contributed by atoms with van der Waals surface area (Å²) in [6.07, 6.45) is 47.4. The molecule has 416 valence electrons. The summed E-state index contributed by atoms with van der Waals surface area (Å²) >= 11 is 7.26. The summed E-state index contributed by atoms with van der Waals surface area (Å²) in [6.45, 7) is 10.6. The van der Waals surface area contributed by atoms with E-state index in [4.69, 9.17) is 0 Å². The molecule has 2 unspecified atom stereocenters. The summed E-state index contributed by atoms with van der Waals surface area (Å²) < 4.78 is 7.65. The Morgan fingerprint density at radius 1 is 0.368 bits per heavy atom. The molecule has 2 atom stereocenters. The molecule has 2 aliphatic heterocycles. The number of rotatable bonds is 40. The molecule has 0 saturated carbocycles. The molecule has 6 heterocycles. The third-order valence-corrected chi connectivity index (χ3v) is 21.9. The van der Waals surface area contributed by atoms with Gasteiger partial charge in [0.1, 0.15) is 0 Å². The number of carbonyl (C=O) groups is 2. The van der Waals surface area contributed by atoms with Gasteiger partial charge >= 0.3 is 0 Å². The fourth-order valence-corrected chi connectivity index (χ4v) is 17.6. The minimum atomic E-state index is 0.0263. The number of fused-ring (bicyclic) bond motifs is 8. The lowest BCUT2D eigenvalue weighted by atomic mass is 9.90. The van der Waals surface area contributed by atoms with Crippen molar-refractivity contribution < 1.29 is 9.59 Å². The van der Waals surface area contributed by atoms with E-state index in [2.05, 4.69) is 84.7 Å². The Labute approximate surface area is 476 Å². The number of benzene rings is 2. The van der Waals surface area contributed by atoms with Gasteiger partial charge in [0.15, 0.2) is 0 Å². The summed E-state index contributed by atoms with van der Waals surface area (Å²) in [5.41, 5.74) is 5.21. The third-order valence-electron chi connectivity index (χ3n) is 17.5. The average molecular weight is 1100 g/mol. The lowest BCUT2D eigenvalue weighted by molar-refractivity contribution is -0.114. The molecule has 0 bridgehead atoms. The largest absolute Gasteiger partial charge is 0.308 e. The van der Waals surface area contributed by atoms with Crippen LogP contribution >= 0.6 is 45.3 Å². The molecule has 8 heteroatoms. The normalized spacial score (nSPS) is 15.5. The second-order valence-electron chi connectivity index (χ2n) is 23.5. The van der Waals surface area contributed by atoms with E-state index in [9.17, 15) is 0 Å². The van der Waals surface area contributed by atoms with Crippen molar-refractivity contribution in [3.8, 4) is 0 Å². The van der Waals surface area contributed by atoms with Crippen LogP contribution in [0.25, 0.3) is 50.1 Å². The summed E-state index contributed by atoms with van der Waals surface area (Å²) in [4.78, 5) is 35.4. The van der Waals surface area contributed by atoms with Gasteiger partial charge in [0.25, 0.3) is 11.8 Å². The molecule has 2 aliphatic rings. The molecule has 0 saturated heterocycles. The highest BCUT2D eigenvalue weighted by Gasteiger charge is 2.43. The smallest absolute Gasteiger partial charge is 0.259 e. The van der Waals surface area contributed by atoms with Gasteiger partial charge in [0.05, 0.1) is 31.9 Å². The highest BCUT2D eigenvalue weighted by atomic mass is 32.1. The Bertz CT molecular complexity index is 2550. The molecular weight excluding hydrogens is 1010 g/mol. The Morgan fingerprint density at radius 3 is 1.00 bits per heavy atom. The SMILES string of the molecule is CCCCCCCCCCC(CCCCCCCC)CCCN1C(=O)/C(=C2/C(=O)N(CCCC(CCCCCCCC)CCCCCCCCCC)c3cc4c(cc32)sc2ccsc24)c2cc3sc4ccsc4c3cc21.